The largest absolute Gasteiger partial charge is 0.323 e. The molecule has 0 aliphatic rings. The van der Waals surface area contributed by atoms with Gasteiger partial charge in [0.1, 0.15) is 5.82 Å². The van der Waals surface area contributed by atoms with E-state index in [-0.39, 0.29) is 22.9 Å². The van der Waals surface area contributed by atoms with Gasteiger partial charge in [-0.1, -0.05) is 48.2 Å². The number of anilines is 1. The molecule has 1 amide bonds. The molecule has 7 nitrogen and oxygen atoms in total. The van der Waals surface area contributed by atoms with Crippen LogP contribution in [-0.2, 0) is 4.79 Å². The molecule has 34 heavy (non-hydrogen) atoms. The van der Waals surface area contributed by atoms with E-state index in [0.717, 1.165) is 28.6 Å². The second-order valence-electron chi connectivity index (χ2n) is 7.88. The Morgan fingerprint density at radius 3 is 2.62 bits per heavy atom. The second kappa shape index (κ2) is 8.75. The molecule has 9 heteroatoms. The van der Waals surface area contributed by atoms with E-state index in [9.17, 15) is 14.0 Å². The number of carbonyl (C=O) groups excluding carboxylic acids is 1. The summed E-state index contributed by atoms with van der Waals surface area (Å²) in [7, 11) is 0. The fraction of sp³-hybridized carbons (Fsp3) is 0.120. The first-order valence-electron chi connectivity index (χ1n) is 10.6. The Bertz CT molecular complexity index is 1630. The van der Waals surface area contributed by atoms with Gasteiger partial charge in [-0.05, 0) is 55.3 Å². The third-order valence-electron chi connectivity index (χ3n) is 5.48. The molecule has 2 heterocycles. The van der Waals surface area contributed by atoms with Crippen LogP contribution in [-0.4, -0.2) is 30.8 Å². The lowest BCUT2D eigenvalue weighted by molar-refractivity contribution is -0.113. The van der Waals surface area contributed by atoms with E-state index in [2.05, 4.69) is 15.5 Å². The number of aryl methyl sites for hydroxylation is 2. The topological polar surface area (TPSA) is 81.3 Å². The minimum atomic E-state index is -0.502. The van der Waals surface area contributed by atoms with Crippen LogP contribution < -0.4 is 10.9 Å². The van der Waals surface area contributed by atoms with Gasteiger partial charge in [0.15, 0.2) is 5.16 Å². The number of fused-ring (bicyclic) bond motifs is 3. The number of benzene rings is 3. The third kappa shape index (κ3) is 3.84. The summed E-state index contributed by atoms with van der Waals surface area (Å²) in [6.45, 7) is 3.90. The zero-order valence-electron chi connectivity index (χ0n) is 18.4. The number of nitrogens with zero attached hydrogens (tertiary/aromatic N) is 4. The number of amides is 1. The number of para-hydroxylation sites is 2. The normalized spacial score (nSPS) is 11.3. The molecule has 2 aromatic heterocycles. The van der Waals surface area contributed by atoms with Crippen molar-refractivity contribution in [3.63, 3.8) is 0 Å². The summed E-state index contributed by atoms with van der Waals surface area (Å²) in [4.78, 5) is 26.0. The molecule has 0 unspecified atom stereocenters. The molecule has 0 spiro atoms. The number of hydrogen-bond donors (Lipinski definition) is 1. The van der Waals surface area contributed by atoms with E-state index in [1.165, 1.54) is 12.1 Å². The van der Waals surface area contributed by atoms with E-state index >= 15 is 0 Å². The van der Waals surface area contributed by atoms with Gasteiger partial charge in [0, 0.05) is 0 Å². The molecule has 0 saturated carbocycles. The predicted octanol–water partition coefficient (Wildman–Crippen LogP) is 4.52. The van der Waals surface area contributed by atoms with Crippen LogP contribution in [0.4, 0.5) is 10.1 Å². The molecule has 0 saturated heterocycles. The first kappa shape index (κ1) is 21.8. The van der Waals surface area contributed by atoms with Crippen LogP contribution in [0.25, 0.3) is 22.4 Å². The molecule has 0 fully saturated rings. The van der Waals surface area contributed by atoms with Gasteiger partial charge in [-0.2, -0.15) is 0 Å². The summed E-state index contributed by atoms with van der Waals surface area (Å²) in [5.41, 5.74) is 3.23. The highest BCUT2D eigenvalue weighted by Gasteiger charge is 2.19. The van der Waals surface area contributed by atoms with Gasteiger partial charge in [0.25, 0.3) is 5.56 Å². The molecular weight excluding hydrogens is 453 g/mol. The maximum atomic E-state index is 13.9. The minimum Gasteiger partial charge on any atom is -0.323 e. The molecule has 1 N–H and O–H groups in total. The molecule has 5 aromatic rings. The average molecular weight is 474 g/mol. The van der Waals surface area contributed by atoms with Gasteiger partial charge in [-0.3, -0.25) is 14.0 Å². The molecule has 0 atom stereocenters. The number of thioether (sulfide) groups is 1. The summed E-state index contributed by atoms with van der Waals surface area (Å²) in [5.74, 6) is -0.530. The molecule has 0 aliphatic heterocycles. The van der Waals surface area contributed by atoms with Crippen molar-refractivity contribution in [2.45, 2.75) is 19.0 Å². The molecule has 0 aliphatic carbocycles. The third-order valence-corrected chi connectivity index (χ3v) is 6.41. The Morgan fingerprint density at radius 2 is 1.79 bits per heavy atom. The standard InChI is InChI=1S/C25H20FN5O2S/c1-15-11-12-16(2)21(13-15)30-23(33)17-7-3-6-10-20(17)31-24(30)28-29-25(31)34-14-22(32)27-19-9-5-4-8-18(19)26/h3-13H,14H2,1-2H3,(H,27,32). The zero-order valence-corrected chi connectivity index (χ0v) is 19.3. The number of nitrogens with one attached hydrogen (secondary N) is 1. The maximum Gasteiger partial charge on any atom is 0.267 e. The molecule has 170 valence electrons. The van der Waals surface area contributed by atoms with Gasteiger partial charge in [-0.25, -0.2) is 8.96 Å². The van der Waals surface area contributed by atoms with Crippen LogP contribution in [0.2, 0.25) is 0 Å². The summed E-state index contributed by atoms with van der Waals surface area (Å²) >= 11 is 1.16. The van der Waals surface area contributed by atoms with Gasteiger partial charge in [-0.15, -0.1) is 10.2 Å². The van der Waals surface area contributed by atoms with E-state index in [1.807, 2.05) is 50.2 Å². The number of halogens is 1. The monoisotopic (exact) mass is 473 g/mol. The van der Waals surface area contributed by atoms with Gasteiger partial charge >= 0.3 is 0 Å². The van der Waals surface area contributed by atoms with Crippen LogP contribution in [0.1, 0.15) is 11.1 Å². The van der Waals surface area contributed by atoms with E-state index in [1.54, 1.807) is 27.2 Å². The Kier molecular flexibility index (Phi) is 5.62. The number of aromatic nitrogens is 4. The van der Waals surface area contributed by atoms with Crippen molar-refractivity contribution in [3.05, 3.63) is 94.0 Å². The smallest absolute Gasteiger partial charge is 0.267 e. The number of rotatable bonds is 5. The van der Waals surface area contributed by atoms with Crippen LogP contribution in [0.5, 0.6) is 0 Å². The molecule has 0 bridgehead atoms. The van der Waals surface area contributed by atoms with E-state index in [0.29, 0.717) is 21.8 Å². The Labute approximate surface area is 198 Å². The maximum absolute atomic E-state index is 13.9. The van der Waals surface area contributed by atoms with Crippen molar-refractivity contribution < 1.29 is 9.18 Å². The van der Waals surface area contributed by atoms with Gasteiger partial charge < -0.3 is 5.32 Å². The van der Waals surface area contributed by atoms with Crippen molar-refractivity contribution in [1.82, 2.24) is 19.2 Å². The molecule has 0 radical (unpaired) electrons. The lowest BCUT2D eigenvalue weighted by Crippen LogP contribution is -2.22. The Morgan fingerprint density at radius 1 is 1.03 bits per heavy atom. The van der Waals surface area contributed by atoms with Crippen LogP contribution in [0.15, 0.2) is 76.7 Å². The molecule has 3 aromatic carbocycles. The highest BCUT2D eigenvalue weighted by atomic mass is 32.2. The van der Waals surface area contributed by atoms with E-state index in [4.69, 9.17) is 0 Å². The average Bonchev–Trinajstić information content (AvgIpc) is 3.25. The lowest BCUT2D eigenvalue weighted by atomic mass is 10.1. The van der Waals surface area contributed by atoms with Crippen LogP contribution in [0.3, 0.4) is 0 Å². The lowest BCUT2D eigenvalue weighted by Gasteiger charge is -2.14. The fourth-order valence-corrected chi connectivity index (χ4v) is 4.57. The van der Waals surface area contributed by atoms with Crippen molar-refractivity contribution in [3.8, 4) is 5.69 Å². The van der Waals surface area contributed by atoms with Crippen LogP contribution >= 0.6 is 11.8 Å². The van der Waals surface area contributed by atoms with Crippen molar-refractivity contribution in [2.24, 2.45) is 0 Å². The minimum absolute atomic E-state index is 0.00788. The van der Waals surface area contributed by atoms with Crippen LogP contribution in [0, 0.1) is 19.7 Å². The Hall–Kier alpha value is -3.98. The first-order valence-corrected chi connectivity index (χ1v) is 11.6. The molecule has 5 rings (SSSR count). The Balaban J connectivity index is 1.59. The van der Waals surface area contributed by atoms with Gasteiger partial charge in [0.05, 0.1) is 28.0 Å². The SMILES string of the molecule is Cc1ccc(C)c(-n2c(=O)c3ccccc3n3c(SCC(=O)Nc4ccccc4F)nnc23)c1. The number of hydrogen-bond acceptors (Lipinski definition) is 5. The van der Waals surface area contributed by atoms with Crippen molar-refractivity contribution >= 4 is 40.0 Å². The highest BCUT2D eigenvalue weighted by Crippen LogP contribution is 2.25. The molecular formula is C25H20FN5O2S. The number of carbonyl (C=O) groups is 1. The summed E-state index contributed by atoms with van der Waals surface area (Å²) in [6, 6.07) is 19.1. The van der Waals surface area contributed by atoms with E-state index < -0.39 is 5.82 Å². The fourth-order valence-electron chi connectivity index (χ4n) is 3.83. The summed E-state index contributed by atoms with van der Waals surface area (Å²) in [6.07, 6.45) is 0. The van der Waals surface area contributed by atoms with Crippen molar-refractivity contribution in [1.29, 1.82) is 0 Å². The highest BCUT2D eigenvalue weighted by molar-refractivity contribution is 7.99. The van der Waals surface area contributed by atoms with Crippen molar-refractivity contribution in [2.75, 3.05) is 11.1 Å². The first-order chi connectivity index (χ1) is 16.4. The van der Waals surface area contributed by atoms with Gasteiger partial charge in [0.2, 0.25) is 11.7 Å². The second-order valence-corrected chi connectivity index (χ2v) is 8.82. The summed E-state index contributed by atoms with van der Waals surface area (Å²) < 4.78 is 17.2. The predicted molar refractivity (Wildman–Crippen MR) is 131 cm³/mol. The quantitative estimate of drug-likeness (QED) is 0.380. The zero-order chi connectivity index (χ0) is 23.8. The summed E-state index contributed by atoms with van der Waals surface area (Å²) in [5, 5.41) is 12.1.